The van der Waals surface area contributed by atoms with Crippen LogP contribution < -0.4 is 20.7 Å². The number of Topliss-reactive ketones (excluding diaryl/α,β-unsaturated/α-hetero) is 1. The quantitative estimate of drug-likeness (QED) is 0.0144. The molecule has 0 bridgehead atoms. The first-order valence-electron chi connectivity index (χ1n) is 23.9. The summed E-state index contributed by atoms with van der Waals surface area (Å²) >= 11 is 0. The summed E-state index contributed by atoms with van der Waals surface area (Å²) in [5.74, 6) is -5.59. The summed E-state index contributed by atoms with van der Waals surface area (Å²) in [4.78, 5) is 110. The van der Waals surface area contributed by atoms with Gasteiger partial charge in [0.2, 0.25) is 12.3 Å². The minimum atomic E-state index is -1.35. The van der Waals surface area contributed by atoms with E-state index in [1.807, 2.05) is 32.9 Å². The number of esters is 2. The van der Waals surface area contributed by atoms with E-state index < -0.39 is 60.2 Å². The van der Waals surface area contributed by atoms with Gasteiger partial charge >= 0.3 is 17.9 Å². The van der Waals surface area contributed by atoms with Gasteiger partial charge in [-0.25, -0.2) is 14.4 Å². The average molecular weight is 967 g/mol. The van der Waals surface area contributed by atoms with Gasteiger partial charge < -0.3 is 39.4 Å². The highest BCUT2D eigenvalue weighted by atomic mass is 16.7. The molecule has 0 radical (unpaired) electrons. The lowest BCUT2D eigenvalue weighted by molar-refractivity contribution is -0.208. The van der Waals surface area contributed by atoms with Crippen molar-refractivity contribution in [3.05, 3.63) is 113 Å². The molecule has 17 heteroatoms. The zero-order valence-electron chi connectivity index (χ0n) is 40.7. The van der Waals surface area contributed by atoms with Crippen LogP contribution >= 0.6 is 0 Å². The zero-order chi connectivity index (χ0) is 50.8. The molecule has 0 spiro atoms. The second kappa shape index (κ2) is 29.6. The van der Waals surface area contributed by atoms with Gasteiger partial charge in [-0.2, -0.15) is 5.06 Å². The maximum absolute atomic E-state index is 13.8. The molecule has 4 amide bonds. The van der Waals surface area contributed by atoms with Gasteiger partial charge in [-0.1, -0.05) is 127 Å². The Balaban J connectivity index is 1.49. The molecule has 1 aromatic heterocycles. The van der Waals surface area contributed by atoms with Crippen LogP contribution in [0.1, 0.15) is 131 Å². The van der Waals surface area contributed by atoms with Crippen LogP contribution in [0.15, 0.2) is 95.4 Å². The van der Waals surface area contributed by atoms with E-state index in [0.29, 0.717) is 49.6 Å². The molecule has 1 heterocycles. The predicted molar refractivity (Wildman–Crippen MR) is 258 cm³/mol. The van der Waals surface area contributed by atoms with E-state index in [-0.39, 0.29) is 60.8 Å². The molecular weight excluding hydrogens is 901 g/mol. The molecule has 376 valence electrons. The van der Waals surface area contributed by atoms with Crippen molar-refractivity contribution in [3.8, 4) is 17.1 Å². The summed E-state index contributed by atoms with van der Waals surface area (Å²) < 4.78 is 22.5. The molecule has 3 atom stereocenters. The highest BCUT2D eigenvalue weighted by molar-refractivity contribution is 6.00. The summed E-state index contributed by atoms with van der Waals surface area (Å²) in [6.45, 7) is 8.03. The van der Waals surface area contributed by atoms with E-state index >= 15 is 0 Å². The summed E-state index contributed by atoms with van der Waals surface area (Å²) in [6, 6.07) is 23.0. The van der Waals surface area contributed by atoms with Crippen LogP contribution in [-0.4, -0.2) is 78.2 Å². The number of unbranched alkanes of at least 4 members (excludes halogenated alkanes) is 2. The lowest BCUT2D eigenvalue weighted by Gasteiger charge is -2.32. The van der Waals surface area contributed by atoms with Gasteiger partial charge in [0.25, 0.3) is 11.8 Å². The number of nitrogens with one attached hydrogen (secondary N) is 3. The first kappa shape index (κ1) is 55.3. The summed E-state index contributed by atoms with van der Waals surface area (Å²) in [5.41, 5.74) is 1.67. The van der Waals surface area contributed by atoms with Crippen LogP contribution in [0.25, 0.3) is 11.3 Å². The Morgan fingerprint density at radius 1 is 0.714 bits per heavy atom. The molecule has 0 fully saturated rings. The largest absolute Gasteiger partial charge is 0.481 e. The van der Waals surface area contributed by atoms with Gasteiger partial charge in [0.05, 0.1) is 30.1 Å². The monoisotopic (exact) mass is 966 g/mol. The molecule has 17 nitrogen and oxygen atoms in total. The molecular formula is C53H66N4O13. The smallest absolute Gasteiger partial charge is 0.344 e. The number of ketones is 1. The average Bonchev–Trinajstić information content (AvgIpc) is 3.87. The van der Waals surface area contributed by atoms with Crippen molar-refractivity contribution in [2.75, 3.05) is 13.3 Å². The van der Waals surface area contributed by atoms with E-state index in [4.69, 9.17) is 23.5 Å². The van der Waals surface area contributed by atoms with Crippen LogP contribution in [0.5, 0.6) is 5.75 Å². The zero-order valence-corrected chi connectivity index (χ0v) is 40.7. The number of carbonyl (C=O) groups excluding carboxylic acids is 8. The van der Waals surface area contributed by atoms with Gasteiger partial charge in [-0.3, -0.25) is 24.0 Å². The van der Waals surface area contributed by atoms with Crippen LogP contribution in [-0.2, 0) is 56.3 Å². The van der Waals surface area contributed by atoms with Crippen molar-refractivity contribution in [1.82, 2.24) is 21.0 Å². The number of carbonyl (C=O) groups is 8. The van der Waals surface area contributed by atoms with Gasteiger partial charge in [0.1, 0.15) is 36.5 Å². The summed E-state index contributed by atoms with van der Waals surface area (Å²) in [7, 11) is 0. The maximum atomic E-state index is 13.8. The van der Waals surface area contributed by atoms with Crippen LogP contribution in [0.2, 0.25) is 0 Å². The van der Waals surface area contributed by atoms with Crippen LogP contribution in [0.4, 0.5) is 0 Å². The number of benzene rings is 3. The molecule has 3 aromatic carbocycles. The van der Waals surface area contributed by atoms with Crippen molar-refractivity contribution in [2.24, 2.45) is 11.8 Å². The Morgan fingerprint density at radius 2 is 1.37 bits per heavy atom. The SMILES string of the molecule is CCCCC[C@@H](C(=O)NCNC(=O)c1ccc(-c2ccc(C(=O)N[C@@H](CC(C)=O)C(=O)OCc3ccccc3)c(OCC(=O)OCc3ccccc3)c2)o1)[C@@H](CC)N(C=O)OC(=O)C(CCC)CCC. The van der Waals surface area contributed by atoms with Crippen molar-refractivity contribution in [1.29, 1.82) is 0 Å². The number of hydrogen-bond acceptors (Lipinski definition) is 13. The molecule has 4 rings (SSSR count). The van der Waals surface area contributed by atoms with E-state index in [1.54, 1.807) is 55.5 Å². The molecule has 0 aliphatic rings. The third kappa shape index (κ3) is 17.7. The standard InChI is InChI=1S/C53H66N4O13/c1-6-10-13-24-41(44(9-4)57(35-58)70-52(64)39(18-7-2)19-8-3)49(61)54-34-55-51(63)46-28-27-45(69-46)40-25-26-42(47(30-40)66-33-48(60)67-31-37-20-14-11-15-21-37)50(62)56-43(29-36(5)59)53(65)68-32-38-22-16-12-17-23-38/h11-12,14-17,20-23,25-28,30,35,39,41,43-44H,6-10,13,18-19,24,29,31-34H2,1-5H3,(H,54,61)(H,55,63)(H,56,62)/t41-,43+,44-/m1/s1. The van der Waals surface area contributed by atoms with E-state index in [1.165, 1.54) is 37.3 Å². The second-order valence-electron chi connectivity index (χ2n) is 16.8. The normalized spacial score (nSPS) is 12.1. The molecule has 0 unspecified atom stereocenters. The van der Waals surface area contributed by atoms with Gasteiger partial charge in [0.15, 0.2) is 12.4 Å². The summed E-state index contributed by atoms with van der Waals surface area (Å²) in [6.07, 6.45) is 6.00. The molecule has 3 N–H and O–H groups in total. The highest BCUT2D eigenvalue weighted by Gasteiger charge is 2.35. The second-order valence-corrected chi connectivity index (χ2v) is 16.8. The Morgan fingerprint density at radius 3 is 1.97 bits per heavy atom. The number of hydrogen-bond donors (Lipinski definition) is 3. The number of nitrogens with zero attached hydrogens (tertiary/aromatic N) is 1. The lowest BCUT2D eigenvalue weighted by atomic mass is 9.90. The minimum absolute atomic E-state index is 0.0252. The Hall–Kier alpha value is -7.30. The van der Waals surface area contributed by atoms with Gasteiger partial charge in [-0.05, 0) is 68.0 Å². The number of hydroxylamine groups is 2. The first-order chi connectivity index (χ1) is 33.8. The first-order valence-corrected chi connectivity index (χ1v) is 23.9. The van der Waals surface area contributed by atoms with Gasteiger partial charge in [-0.15, -0.1) is 0 Å². The fourth-order valence-electron chi connectivity index (χ4n) is 7.67. The van der Waals surface area contributed by atoms with Crippen molar-refractivity contribution in [3.63, 3.8) is 0 Å². The third-order valence-electron chi connectivity index (χ3n) is 11.3. The van der Waals surface area contributed by atoms with E-state index in [0.717, 1.165) is 36.3 Å². The topological polar surface area (TPSA) is 226 Å². The lowest BCUT2D eigenvalue weighted by Crippen LogP contribution is -2.49. The van der Waals surface area contributed by atoms with Crippen LogP contribution in [0.3, 0.4) is 0 Å². The van der Waals surface area contributed by atoms with Crippen molar-refractivity contribution < 1.29 is 61.8 Å². The van der Waals surface area contributed by atoms with Crippen LogP contribution in [0, 0.1) is 11.8 Å². The fraction of sp³-hybridized carbons (Fsp3) is 0.434. The summed E-state index contributed by atoms with van der Waals surface area (Å²) in [5, 5.41) is 8.88. The fourth-order valence-corrected chi connectivity index (χ4v) is 7.67. The molecule has 0 aliphatic heterocycles. The molecule has 0 aliphatic carbocycles. The van der Waals surface area contributed by atoms with Crippen molar-refractivity contribution in [2.45, 2.75) is 124 Å². The molecule has 4 aromatic rings. The third-order valence-corrected chi connectivity index (χ3v) is 11.3. The molecule has 70 heavy (non-hydrogen) atoms. The highest BCUT2D eigenvalue weighted by Crippen LogP contribution is 2.30. The minimum Gasteiger partial charge on any atom is -0.481 e. The number of rotatable bonds is 31. The predicted octanol–water partition coefficient (Wildman–Crippen LogP) is 7.80. The van der Waals surface area contributed by atoms with E-state index in [2.05, 4.69) is 16.0 Å². The number of furan rings is 1. The molecule has 0 saturated heterocycles. The molecule has 0 saturated carbocycles. The maximum Gasteiger partial charge on any atom is 0.344 e. The van der Waals surface area contributed by atoms with E-state index in [9.17, 15) is 38.4 Å². The Labute approximate surface area is 409 Å². The van der Waals surface area contributed by atoms with Gasteiger partial charge in [0, 0.05) is 12.0 Å². The van der Waals surface area contributed by atoms with Crippen molar-refractivity contribution >= 4 is 47.8 Å². The number of ether oxygens (including phenoxy) is 3. The number of amides is 4. The Bertz CT molecular complexity index is 2330. The Kier molecular flexibility index (Phi) is 23.3.